The molecule has 0 saturated carbocycles. The topological polar surface area (TPSA) is 48.5 Å². The Kier molecular flexibility index (Phi) is 3.92. The van der Waals surface area contributed by atoms with Crippen molar-refractivity contribution >= 4 is 23.2 Å². The molecule has 2 aromatic rings. The van der Waals surface area contributed by atoms with Gasteiger partial charge in [-0.1, -0.05) is 16.8 Å². The van der Waals surface area contributed by atoms with Gasteiger partial charge in [-0.05, 0) is 20.8 Å². The third kappa shape index (κ3) is 2.52. The molecule has 0 bridgehead atoms. The molecule has 0 aromatic carbocycles. The highest BCUT2D eigenvalue weighted by atomic mass is 35.5. The fourth-order valence-corrected chi connectivity index (χ4v) is 2.04. The van der Waals surface area contributed by atoms with Crippen LogP contribution in [0.25, 0.3) is 0 Å². The fraction of sp³-hybridized carbons (Fsp3) is 0.545. The first-order valence-electron chi connectivity index (χ1n) is 5.78. The molecule has 0 N–H and O–H groups in total. The predicted octanol–water partition coefficient (Wildman–Crippen LogP) is 2.80. The smallest absolute Gasteiger partial charge is 0.100 e. The third-order valence-electron chi connectivity index (χ3n) is 2.73. The molecular formula is C11H15Cl2N5. The molecule has 1 unspecified atom stereocenters. The highest BCUT2D eigenvalue weighted by molar-refractivity contribution is 6.31. The van der Waals surface area contributed by atoms with Crippen molar-refractivity contribution in [1.29, 1.82) is 0 Å². The van der Waals surface area contributed by atoms with Crippen LogP contribution in [0.4, 0.5) is 0 Å². The zero-order valence-electron chi connectivity index (χ0n) is 10.6. The molecule has 2 aromatic heterocycles. The third-order valence-corrected chi connectivity index (χ3v) is 3.44. The second kappa shape index (κ2) is 5.28. The van der Waals surface area contributed by atoms with Gasteiger partial charge in [0.15, 0.2) is 0 Å². The van der Waals surface area contributed by atoms with Crippen LogP contribution in [0.15, 0.2) is 6.20 Å². The molecule has 7 heteroatoms. The highest BCUT2D eigenvalue weighted by Crippen LogP contribution is 2.22. The Morgan fingerprint density at radius 3 is 2.72 bits per heavy atom. The van der Waals surface area contributed by atoms with E-state index in [-0.39, 0.29) is 5.38 Å². The van der Waals surface area contributed by atoms with Gasteiger partial charge in [0.25, 0.3) is 0 Å². The second-order valence-electron chi connectivity index (χ2n) is 4.12. The Hall–Kier alpha value is -1.07. The summed E-state index contributed by atoms with van der Waals surface area (Å²) in [4.78, 5) is 0. The standard InChI is InChI=1S/C11H15Cl2N5/c1-4-18-10(11(13)8(3)15-18)6-17-5-9(7(2)12)14-16-17/h5,7H,4,6H2,1-3H3. The zero-order valence-corrected chi connectivity index (χ0v) is 12.1. The van der Waals surface area contributed by atoms with Crippen LogP contribution in [0.2, 0.25) is 5.02 Å². The molecule has 0 fully saturated rings. The number of nitrogens with zero attached hydrogens (tertiary/aromatic N) is 5. The summed E-state index contributed by atoms with van der Waals surface area (Å²) >= 11 is 12.2. The van der Waals surface area contributed by atoms with E-state index in [0.717, 1.165) is 23.6 Å². The minimum absolute atomic E-state index is 0.146. The van der Waals surface area contributed by atoms with Crippen LogP contribution < -0.4 is 0 Å². The first kappa shape index (κ1) is 13.4. The van der Waals surface area contributed by atoms with Crippen molar-refractivity contribution in [3.8, 4) is 0 Å². The molecule has 0 aliphatic carbocycles. The van der Waals surface area contributed by atoms with E-state index in [1.807, 2.05) is 31.6 Å². The van der Waals surface area contributed by atoms with Gasteiger partial charge >= 0.3 is 0 Å². The first-order valence-corrected chi connectivity index (χ1v) is 6.60. The van der Waals surface area contributed by atoms with Crippen molar-refractivity contribution in [2.45, 2.75) is 39.2 Å². The van der Waals surface area contributed by atoms with E-state index >= 15 is 0 Å². The molecule has 2 rings (SSSR count). The van der Waals surface area contributed by atoms with E-state index < -0.39 is 0 Å². The minimum atomic E-state index is -0.146. The van der Waals surface area contributed by atoms with Crippen molar-refractivity contribution in [1.82, 2.24) is 24.8 Å². The molecule has 0 spiro atoms. The van der Waals surface area contributed by atoms with Crippen LogP contribution in [-0.2, 0) is 13.1 Å². The SMILES string of the molecule is CCn1nc(C)c(Cl)c1Cn1cc(C(C)Cl)nn1. The van der Waals surface area contributed by atoms with Crippen LogP contribution in [0.5, 0.6) is 0 Å². The number of hydrogen-bond donors (Lipinski definition) is 0. The predicted molar refractivity (Wildman–Crippen MR) is 71.0 cm³/mol. The van der Waals surface area contributed by atoms with Gasteiger partial charge in [-0.15, -0.1) is 16.7 Å². The normalized spacial score (nSPS) is 12.9. The number of aryl methyl sites for hydroxylation is 2. The second-order valence-corrected chi connectivity index (χ2v) is 5.15. The number of rotatable bonds is 4. The zero-order chi connectivity index (χ0) is 13.3. The summed E-state index contributed by atoms with van der Waals surface area (Å²) in [5.74, 6) is 0. The summed E-state index contributed by atoms with van der Waals surface area (Å²) in [6.07, 6.45) is 1.83. The van der Waals surface area contributed by atoms with Crippen LogP contribution in [0.3, 0.4) is 0 Å². The molecule has 18 heavy (non-hydrogen) atoms. The largest absolute Gasteiger partial charge is 0.266 e. The van der Waals surface area contributed by atoms with Gasteiger partial charge in [0.1, 0.15) is 5.69 Å². The number of halogens is 2. The van der Waals surface area contributed by atoms with Crippen molar-refractivity contribution in [3.05, 3.63) is 28.3 Å². The first-order chi connectivity index (χ1) is 8.52. The number of aromatic nitrogens is 5. The maximum absolute atomic E-state index is 6.24. The molecule has 5 nitrogen and oxygen atoms in total. The van der Waals surface area contributed by atoms with E-state index in [1.165, 1.54) is 0 Å². The van der Waals surface area contributed by atoms with Gasteiger partial charge < -0.3 is 0 Å². The number of hydrogen-bond acceptors (Lipinski definition) is 3. The van der Waals surface area contributed by atoms with Crippen molar-refractivity contribution < 1.29 is 0 Å². The van der Waals surface area contributed by atoms with Crippen molar-refractivity contribution in [2.75, 3.05) is 0 Å². The summed E-state index contributed by atoms with van der Waals surface area (Å²) in [5.41, 5.74) is 2.53. The summed E-state index contributed by atoms with van der Waals surface area (Å²) in [6, 6.07) is 0. The van der Waals surface area contributed by atoms with E-state index in [4.69, 9.17) is 23.2 Å². The summed E-state index contributed by atoms with van der Waals surface area (Å²) < 4.78 is 3.60. The van der Waals surface area contributed by atoms with Gasteiger partial charge in [-0.2, -0.15) is 5.10 Å². The lowest BCUT2D eigenvalue weighted by Crippen LogP contribution is -2.08. The Labute approximate surface area is 116 Å². The Balaban J connectivity index is 2.27. The molecule has 0 aliphatic heterocycles. The molecule has 98 valence electrons. The maximum Gasteiger partial charge on any atom is 0.100 e. The number of alkyl halides is 1. The minimum Gasteiger partial charge on any atom is -0.266 e. The van der Waals surface area contributed by atoms with E-state index in [1.54, 1.807) is 4.68 Å². The fourth-order valence-electron chi connectivity index (χ4n) is 1.75. The Morgan fingerprint density at radius 2 is 2.17 bits per heavy atom. The Morgan fingerprint density at radius 1 is 1.44 bits per heavy atom. The molecular weight excluding hydrogens is 273 g/mol. The van der Waals surface area contributed by atoms with Gasteiger partial charge in [0.2, 0.25) is 0 Å². The molecule has 1 atom stereocenters. The molecule has 0 amide bonds. The lowest BCUT2D eigenvalue weighted by molar-refractivity contribution is 0.565. The average Bonchev–Trinajstić information content (AvgIpc) is 2.89. The maximum atomic E-state index is 6.24. The molecule has 0 aliphatic rings. The Bertz CT molecular complexity index is 544. The van der Waals surface area contributed by atoms with Gasteiger partial charge in [0, 0.05) is 6.54 Å². The van der Waals surface area contributed by atoms with Crippen LogP contribution >= 0.6 is 23.2 Å². The lowest BCUT2D eigenvalue weighted by atomic mass is 10.3. The summed E-state index contributed by atoms with van der Waals surface area (Å²) in [7, 11) is 0. The van der Waals surface area contributed by atoms with E-state index in [0.29, 0.717) is 11.6 Å². The quantitative estimate of drug-likeness (QED) is 0.813. The molecule has 0 radical (unpaired) electrons. The van der Waals surface area contributed by atoms with E-state index in [2.05, 4.69) is 15.4 Å². The van der Waals surface area contributed by atoms with Gasteiger partial charge in [-0.25, -0.2) is 4.68 Å². The molecule has 2 heterocycles. The van der Waals surface area contributed by atoms with Crippen LogP contribution in [0.1, 0.15) is 36.3 Å². The summed E-state index contributed by atoms with van der Waals surface area (Å²) in [6.45, 7) is 7.11. The van der Waals surface area contributed by atoms with E-state index in [9.17, 15) is 0 Å². The van der Waals surface area contributed by atoms with Gasteiger partial charge in [0.05, 0.1) is 34.5 Å². The highest BCUT2D eigenvalue weighted by Gasteiger charge is 2.14. The van der Waals surface area contributed by atoms with Gasteiger partial charge in [-0.3, -0.25) is 4.68 Å². The average molecular weight is 288 g/mol. The summed E-state index contributed by atoms with van der Waals surface area (Å²) in [5, 5.41) is 13.0. The monoisotopic (exact) mass is 287 g/mol. The van der Waals surface area contributed by atoms with Crippen molar-refractivity contribution in [3.63, 3.8) is 0 Å². The lowest BCUT2D eigenvalue weighted by Gasteiger charge is -2.04. The van der Waals surface area contributed by atoms with Crippen LogP contribution in [0, 0.1) is 6.92 Å². The van der Waals surface area contributed by atoms with Crippen molar-refractivity contribution in [2.24, 2.45) is 0 Å². The molecule has 0 saturated heterocycles. The van der Waals surface area contributed by atoms with Crippen LogP contribution in [-0.4, -0.2) is 24.8 Å².